The van der Waals surface area contributed by atoms with Gasteiger partial charge in [0.05, 0.1) is 7.11 Å². The molecule has 0 unspecified atom stereocenters. The van der Waals surface area contributed by atoms with Gasteiger partial charge in [-0.15, -0.1) is 10.2 Å². The largest absolute Gasteiger partial charge is 0.493 e. The number of carbonyl (C=O) groups excluding carboxylic acids is 1. The van der Waals surface area contributed by atoms with Crippen LogP contribution < -0.4 is 14.8 Å². The number of carbonyl (C=O) groups is 1. The van der Waals surface area contributed by atoms with Gasteiger partial charge in [0.15, 0.2) is 11.5 Å². The van der Waals surface area contributed by atoms with Crippen LogP contribution in [0.3, 0.4) is 0 Å². The third-order valence-corrected chi connectivity index (χ3v) is 5.16. The normalized spacial score (nSPS) is 10.6. The Morgan fingerprint density at radius 2 is 1.97 bits per heavy atom. The van der Waals surface area contributed by atoms with Crippen LogP contribution >= 0.6 is 11.3 Å². The van der Waals surface area contributed by atoms with Gasteiger partial charge in [0.25, 0.3) is 0 Å². The smallest absolute Gasteiger partial charge is 0.243 e. The fourth-order valence-electron chi connectivity index (χ4n) is 2.88. The maximum Gasteiger partial charge on any atom is 0.243 e. The number of amides is 1. The second-order valence-corrected chi connectivity index (χ2v) is 7.47. The van der Waals surface area contributed by atoms with Gasteiger partial charge in [-0.1, -0.05) is 36.4 Å². The van der Waals surface area contributed by atoms with E-state index in [9.17, 15) is 4.79 Å². The van der Waals surface area contributed by atoms with Crippen molar-refractivity contribution in [1.29, 1.82) is 0 Å². The van der Waals surface area contributed by atoms with Gasteiger partial charge >= 0.3 is 0 Å². The van der Waals surface area contributed by atoms with E-state index in [2.05, 4.69) is 20.7 Å². The highest BCUT2D eigenvalue weighted by Crippen LogP contribution is 2.28. The van der Waals surface area contributed by atoms with Crippen molar-refractivity contribution in [2.45, 2.75) is 19.7 Å². The number of nitrogens with zero attached hydrogens (tertiary/aromatic N) is 4. The zero-order valence-corrected chi connectivity index (χ0v) is 17.7. The fraction of sp³-hybridized carbons (Fsp3) is 0.182. The van der Waals surface area contributed by atoms with Gasteiger partial charge in [-0.05, 0) is 39.9 Å². The molecule has 2 aromatic carbocycles. The fourth-order valence-corrected chi connectivity index (χ4v) is 3.51. The van der Waals surface area contributed by atoms with Gasteiger partial charge < -0.3 is 14.8 Å². The molecule has 0 aliphatic heterocycles. The summed E-state index contributed by atoms with van der Waals surface area (Å²) in [6.45, 7) is 0.790. The van der Waals surface area contributed by atoms with Crippen LogP contribution in [-0.2, 0) is 24.5 Å². The molecule has 2 aromatic heterocycles. The number of rotatable bonds is 9. The summed E-state index contributed by atoms with van der Waals surface area (Å²) < 4.78 is 11.3. The van der Waals surface area contributed by atoms with E-state index in [-0.39, 0.29) is 12.5 Å². The van der Waals surface area contributed by atoms with E-state index in [1.807, 2.05) is 65.4 Å². The molecule has 1 amide bonds. The van der Waals surface area contributed by atoms with E-state index in [1.165, 1.54) is 4.80 Å². The number of hydrogen-bond donors (Lipinski definition) is 1. The van der Waals surface area contributed by atoms with Crippen molar-refractivity contribution in [3.8, 4) is 22.9 Å². The number of benzene rings is 2. The van der Waals surface area contributed by atoms with Crippen molar-refractivity contribution in [3.05, 3.63) is 76.5 Å². The van der Waals surface area contributed by atoms with Gasteiger partial charge in [-0.2, -0.15) is 16.1 Å². The second-order valence-electron chi connectivity index (χ2n) is 6.69. The molecule has 0 bridgehead atoms. The maximum absolute atomic E-state index is 12.3. The van der Waals surface area contributed by atoms with E-state index in [0.29, 0.717) is 30.5 Å². The summed E-state index contributed by atoms with van der Waals surface area (Å²) in [5.74, 6) is 1.55. The predicted octanol–water partition coefficient (Wildman–Crippen LogP) is 3.31. The Bertz CT molecular complexity index is 1130. The number of methoxy groups -OCH3 is 1. The number of ether oxygens (including phenoxy) is 2. The van der Waals surface area contributed by atoms with E-state index in [4.69, 9.17) is 9.47 Å². The lowest BCUT2D eigenvalue weighted by Gasteiger charge is -2.13. The monoisotopic (exact) mass is 435 g/mol. The molecule has 1 N–H and O–H groups in total. The molecule has 158 valence electrons. The Hall–Kier alpha value is -3.72. The SMILES string of the molecule is COc1cc(CNC(=O)Cn2nnc(-c3ccsc3)n2)ccc1OCc1ccccc1. The van der Waals surface area contributed by atoms with Crippen LogP contribution in [0.25, 0.3) is 11.4 Å². The number of nitrogens with one attached hydrogen (secondary N) is 1. The van der Waals surface area contributed by atoms with Crippen LogP contribution in [0.4, 0.5) is 0 Å². The van der Waals surface area contributed by atoms with Crippen LogP contribution in [0, 0.1) is 0 Å². The highest BCUT2D eigenvalue weighted by molar-refractivity contribution is 7.08. The molecule has 0 saturated carbocycles. The highest BCUT2D eigenvalue weighted by atomic mass is 32.1. The zero-order chi connectivity index (χ0) is 21.5. The van der Waals surface area contributed by atoms with Gasteiger partial charge in [0, 0.05) is 17.5 Å². The standard InChI is InChI=1S/C22H21N5O3S/c1-29-20-11-17(7-8-19(20)30-14-16-5-3-2-4-6-16)12-23-21(28)13-27-25-22(24-26-27)18-9-10-31-15-18/h2-11,15H,12-14H2,1H3,(H,23,28). The third-order valence-electron chi connectivity index (χ3n) is 4.47. The van der Waals surface area contributed by atoms with Gasteiger partial charge in [0.1, 0.15) is 13.2 Å². The molecule has 0 aliphatic carbocycles. The van der Waals surface area contributed by atoms with Crippen molar-refractivity contribution in [2.24, 2.45) is 0 Å². The lowest BCUT2D eigenvalue weighted by atomic mass is 10.2. The van der Waals surface area contributed by atoms with Crippen LogP contribution in [0.2, 0.25) is 0 Å². The first-order chi connectivity index (χ1) is 15.2. The number of thiophene rings is 1. The van der Waals surface area contributed by atoms with Crippen molar-refractivity contribution in [3.63, 3.8) is 0 Å². The minimum absolute atomic E-state index is 0.00740. The molecule has 0 saturated heterocycles. The topological polar surface area (TPSA) is 91.2 Å². The molecule has 0 radical (unpaired) electrons. The molecule has 9 heteroatoms. The van der Waals surface area contributed by atoms with Crippen LogP contribution in [-0.4, -0.2) is 33.2 Å². The van der Waals surface area contributed by atoms with E-state index in [1.54, 1.807) is 18.4 Å². The molecule has 0 spiro atoms. The molecule has 8 nitrogen and oxygen atoms in total. The van der Waals surface area contributed by atoms with E-state index >= 15 is 0 Å². The summed E-state index contributed by atoms with van der Waals surface area (Å²) in [4.78, 5) is 13.5. The molecular formula is C22H21N5O3S. The van der Waals surface area contributed by atoms with E-state index < -0.39 is 0 Å². The minimum atomic E-state index is -0.211. The zero-order valence-electron chi connectivity index (χ0n) is 16.9. The van der Waals surface area contributed by atoms with Crippen LogP contribution in [0.5, 0.6) is 11.5 Å². The minimum Gasteiger partial charge on any atom is -0.493 e. The Morgan fingerprint density at radius 1 is 1.10 bits per heavy atom. The van der Waals surface area contributed by atoms with Crippen molar-refractivity contribution in [2.75, 3.05) is 7.11 Å². The third kappa shape index (κ3) is 5.46. The molecule has 4 rings (SSSR count). The summed E-state index contributed by atoms with van der Waals surface area (Å²) in [6.07, 6.45) is 0. The average molecular weight is 436 g/mol. The van der Waals surface area contributed by atoms with Crippen molar-refractivity contribution in [1.82, 2.24) is 25.5 Å². The Labute approximate surface area is 183 Å². The number of tetrazole rings is 1. The lowest BCUT2D eigenvalue weighted by Crippen LogP contribution is -2.28. The Balaban J connectivity index is 1.31. The number of aromatic nitrogens is 4. The lowest BCUT2D eigenvalue weighted by molar-refractivity contribution is -0.122. The van der Waals surface area contributed by atoms with Crippen molar-refractivity contribution < 1.29 is 14.3 Å². The van der Waals surface area contributed by atoms with Gasteiger partial charge in [-0.3, -0.25) is 4.79 Å². The molecule has 0 atom stereocenters. The summed E-state index contributed by atoms with van der Waals surface area (Å²) in [5, 5.41) is 18.9. The van der Waals surface area contributed by atoms with Gasteiger partial charge in [-0.25, -0.2) is 0 Å². The quantitative estimate of drug-likeness (QED) is 0.434. The maximum atomic E-state index is 12.3. The summed E-state index contributed by atoms with van der Waals surface area (Å²) in [5.41, 5.74) is 2.85. The second kappa shape index (κ2) is 9.86. The van der Waals surface area contributed by atoms with Crippen LogP contribution in [0.15, 0.2) is 65.4 Å². The molecule has 4 aromatic rings. The van der Waals surface area contributed by atoms with E-state index in [0.717, 1.165) is 16.7 Å². The molecule has 0 aliphatic rings. The predicted molar refractivity (Wildman–Crippen MR) is 117 cm³/mol. The molecule has 0 fully saturated rings. The summed E-state index contributed by atoms with van der Waals surface area (Å²) in [7, 11) is 1.59. The molecule has 2 heterocycles. The van der Waals surface area contributed by atoms with Gasteiger partial charge in [0.2, 0.25) is 11.7 Å². The Morgan fingerprint density at radius 3 is 2.74 bits per heavy atom. The average Bonchev–Trinajstić information content (AvgIpc) is 3.49. The summed E-state index contributed by atoms with van der Waals surface area (Å²) >= 11 is 1.55. The van der Waals surface area contributed by atoms with Crippen molar-refractivity contribution >= 4 is 17.2 Å². The molecule has 31 heavy (non-hydrogen) atoms. The first-order valence-corrected chi connectivity index (χ1v) is 10.6. The number of hydrogen-bond acceptors (Lipinski definition) is 7. The molecular weight excluding hydrogens is 414 g/mol. The summed E-state index contributed by atoms with van der Waals surface area (Å²) in [6, 6.07) is 17.4. The van der Waals surface area contributed by atoms with Crippen LogP contribution in [0.1, 0.15) is 11.1 Å². The first-order valence-electron chi connectivity index (χ1n) is 9.62. The highest BCUT2D eigenvalue weighted by Gasteiger charge is 2.11. The Kier molecular flexibility index (Phi) is 6.53. The first kappa shape index (κ1) is 20.5.